The third-order valence-corrected chi connectivity index (χ3v) is 5.48. The van der Waals surface area contributed by atoms with Crippen molar-refractivity contribution < 1.29 is 18.7 Å². The van der Waals surface area contributed by atoms with Crippen LogP contribution in [0.2, 0.25) is 5.02 Å². The Morgan fingerprint density at radius 2 is 1.83 bits per heavy atom. The van der Waals surface area contributed by atoms with Crippen molar-refractivity contribution in [1.82, 2.24) is 0 Å². The van der Waals surface area contributed by atoms with Crippen molar-refractivity contribution in [3.63, 3.8) is 0 Å². The Bertz CT molecular complexity index is 1130. The van der Waals surface area contributed by atoms with Gasteiger partial charge < -0.3 is 10.1 Å². The van der Waals surface area contributed by atoms with Gasteiger partial charge in [-0.05, 0) is 53.9 Å². The predicted molar refractivity (Wildman–Crippen MR) is 112 cm³/mol. The number of amides is 2. The third kappa shape index (κ3) is 3.50. The van der Waals surface area contributed by atoms with Crippen molar-refractivity contribution in [3.8, 4) is 5.75 Å². The molecule has 1 N–H and O–H groups in total. The van der Waals surface area contributed by atoms with Gasteiger partial charge in [-0.15, -0.1) is 11.3 Å². The fourth-order valence-electron chi connectivity index (χ4n) is 3.03. The van der Waals surface area contributed by atoms with E-state index in [0.29, 0.717) is 21.3 Å². The van der Waals surface area contributed by atoms with Crippen molar-refractivity contribution in [2.75, 3.05) is 17.3 Å². The molecule has 1 aromatic heterocycles. The van der Waals surface area contributed by atoms with Crippen LogP contribution in [0.5, 0.6) is 5.75 Å². The van der Waals surface area contributed by atoms with E-state index >= 15 is 0 Å². The largest absolute Gasteiger partial charge is 0.495 e. The molecule has 0 radical (unpaired) electrons. The lowest BCUT2D eigenvalue weighted by Crippen LogP contribution is -2.32. The lowest BCUT2D eigenvalue weighted by atomic mass is 10.1. The number of carbonyl (C=O) groups is 2. The predicted octanol–water partition coefficient (Wildman–Crippen LogP) is 4.95. The van der Waals surface area contributed by atoms with E-state index in [9.17, 15) is 14.0 Å². The first-order valence-electron chi connectivity index (χ1n) is 8.52. The van der Waals surface area contributed by atoms with E-state index in [-0.39, 0.29) is 17.0 Å². The minimum Gasteiger partial charge on any atom is -0.495 e. The molecule has 8 heteroatoms. The van der Waals surface area contributed by atoms with Gasteiger partial charge in [0.05, 0.1) is 24.1 Å². The second-order valence-electron chi connectivity index (χ2n) is 6.12. The summed E-state index contributed by atoms with van der Waals surface area (Å²) in [4.78, 5) is 28.1. The van der Waals surface area contributed by atoms with Crippen LogP contribution < -0.4 is 15.0 Å². The zero-order valence-electron chi connectivity index (χ0n) is 15.1. The van der Waals surface area contributed by atoms with Gasteiger partial charge in [-0.3, -0.25) is 9.59 Å². The maximum Gasteiger partial charge on any atom is 0.282 e. The first-order chi connectivity index (χ1) is 14.0. The molecular weight excluding hydrogens is 415 g/mol. The summed E-state index contributed by atoms with van der Waals surface area (Å²) in [6.07, 6.45) is 0. The number of anilines is 2. The van der Waals surface area contributed by atoms with Gasteiger partial charge in [-0.25, -0.2) is 9.29 Å². The molecular formula is C21H14ClFN2O3S. The summed E-state index contributed by atoms with van der Waals surface area (Å²) >= 11 is 7.43. The summed E-state index contributed by atoms with van der Waals surface area (Å²) in [6, 6.07) is 13.7. The number of imide groups is 1. The Morgan fingerprint density at radius 3 is 2.48 bits per heavy atom. The lowest BCUT2D eigenvalue weighted by molar-refractivity contribution is -0.120. The van der Waals surface area contributed by atoms with Gasteiger partial charge in [0.15, 0.2) is 0 Å². The van der Waals surface area contributed by atoms with Crippen LogP contribution in [-0.4, -0.2) is 18.9 Å². The molecule has 0 fully saturated rings. The Labute approximate surface area is 175 Å². The number of hydrogen-bond donors (Lipinski definition) is 1. The molecule has 4 rings (SSSR count). The number of ether oxygens (including phenoxy) is 1. The molecule has 0 saturated heterocycles. The SMILES string of the molecule is COc1ccc(Cl)cc1NC1=C(c2cccs2)C(=O)N(c2ccc(F)cc2)C1=O. The molecule has 0 bridgehead atoms. The number of nitrogens with one attached hydrogen (secondary N) is 1. The van der Waals surface area contributed by atoms with Crippen LogP contribution in [-0.2, 0) is 9.59 Å². The average Bonchev–Trinajstić information content (AvgIpc) is 3.30. The monoisotopic (exact) mass is 428 g/mol. The molecule has 3 aromatic rings. The fraction of sp³-hybridized carbons (Fsp3) is 0.0476. The molecule has 146 valence electrons. The zero-order chi connectivity index (χ0) is 20.5. The molecule has 0 saturated carbocycles. The van der Waals surface area contributed by atoms with Crippen LogP contribution in [0.3, 0.4) is 0 Å². The Balaban J connectivity index is 1.82. The minimum atomic E-state index is -0.549. The van der Waals surface area contributed by atoms with Crippen LogP contribution in [0.4, 0.5) is 15.8 Å². The molecule has 29 heavy (non-hydrogen) atoms. The highest BCUT2D eigenvalue weighted by molar-refractivity contribution is 7.11. The van der Waals surface area contributed by atoms with Gasteiger partial charge >= 0.3 is 0 Å². The molecule has 2 aromatic carbocycles. The molecule has 1 aliphatic rings. The van der Waals surface area contributed by atoms with Crippen LogP contribution >= 0.6 is 22.9 Å². The number of benzene rings is 2. The smallest absolute Gasteiger partial charge is 0.282 e. The highest BCUT2D eigenvalue weighted by Crippen LogP contribution is 2.37. The molecule has 0 unspecified atom stereocenters. The first kappa shape index (κ1) is 19.2. The summed E-state index contributed by atoms with van der Waals surface area (Å²) in [5.74, 6) is -1.03. The van der Waals surface area contributed by atoms with Crippen molar-refractivity contribution in [3.05, 3.63) is 81.4 Å². The number of rotatable bonds is 5. The normalized spacial score (nSPS) is 14.0. The number of thiophene rings is 1. The van der Waals surface area contributed by atoms with Crippen molar-refractivity contribution in [2.45, 2.75) is 0 Å². The molecule has 1 aliphatic heterocycles. The Kier molecular flexibility index (Phi) is 5.08. The molecule has 5 nitrogen and oxygen atoms in total. The highest BCUT2D eigenvalue weighted by Gasteiger charge is 2.41. The summed E-state index contributed by atoms with van der Waals surface area (Å²) in [7, 11) is 1.50. The maximum atomic E-state index is 13.3. The van der Waals surface area contributed by atoms with Crippen LogP contribution in [0.25, 0.3) is 5.57 Å². The van der Waals surface area contributed by atoms with E-state index in [1.54, 1.807) is 30.3 Å². The fourth-order valence-corrected chi connectivity index (χ4v) is 3.97. The molecule has 0 atom stereocenters. The Morgan fingerprint density at radius 1 is 1.07 bits per heavy atom. The number of carbonyl (C=O) groups excluding carboxylic acids is 2. The van der Waals surface area contributed by atoms with E-state index in [1.807, 2.05) is 5.38 Å². The van der Waals surface area contributed by atoms with E-state index in [0.717, 1.165) is 4.90 Å². The number of halogens is 2. The number of methoxy groups -OCH3 is 1. The van der Waals surface area contributed by atoms with Crippen molar-refractivity contribution >= 4 is 51.7 Å². The molecule has 0 aliphatic carbocycles. The summed E-state index contributed by atoms with van der Waals surface area (Å²) in [6.45, 7) is 0. The minimum absolute atomic E-state index is 0.0994. The van der Waals surface area contributed by atoms with Crippen LogP contribution in [0.15, 0.2) is 65.7 Å². The summed E-state index contributed by atoms with van der Waals surface area (Å²) in [5, 5.41) is 5.28. The third-order valence-electron chi connectivity index (χ3n) is 4.36. The van der Waals surface area contributed by atoms with Gasteiger partial charge in [-0.1, -0.05) is 17.7 Å². The zero-order valence-corrected chi connectivity index (χ0v) is 16.7. The standard InChI is InChI=1S/C21H14ClFN2O3S/c1-28-16-9-4-12(22)11-15(16)24-19-18(17-3-2-10-29-17)20(26)25(21(19)27)14-7-5-13(23)6-8-14/h2-11,24H,1H3. The topological polar surface area (TPSA) is 58.6 Å². The molecule has 2 heterocycles. The summed E-state index contributed by atoms with van der Waals surface area (Å²) in [5.41, 5.74) is 1.06. The van der Waals surface area contributed by atoms with Gasteiger partial charge in [0.25, 0.3) is 11.8 Å². The van der Waals surface area contributed by atoms with Crippen molar-refractivity contribution in [1.29, 1.82) is 0 Å². The van der Waals surface area contributed by atoms with E-state index in [1.165, 1.54) is 42.7 Å². The number of nitrogens with zero attached hydrogens (tertiary/aromatic N) is 1. The average molecular weight is 429 g/mol. The van der Waals surface area contributed by atoms with Crippen LogP contribution in [0.1, 0.15) is 4.88 Å². The van der Waals surface area contributed by atoms with Gasteiger partial charge in [-0.2, -0.15) is 0 Å². The van der Waals surface area contributed by atoms with Crippen LogP contribution in [0, 0.1) is 5.82 Å². The van der Waals surface area contributed by atoms with E-state index in [4.69, 9.17) is 16.3 Å². The molecule has 0 spiro atoms. The van der Waals surface area contributed by atoms with Gasteiger partial charge in [0.1, 0.15) is 17.3 Å². The highest BCUT2D eigenvalue weighted by atomic mass is 35.5. The lowest BCUT2D eigenvalue weighted by Gasteiger charge is -2.16. The summed E-state index contributed by atoms with van der Waals surface area (Å²) < 4.78 is 18.6. The maximum absolute atomic E-state index is 13.3. The van der Waals surface area contributed by atoms with E-state index < -0.39 is 17.6 Å². The number of hydrogen-bond acceptors (Lipinski definition) is 5. The molecule has 2 amide bonds. The van der Waals surface area contributed by atoms with Gasteiger partial charge in [0.2, 0.25) is 0 Å². The van der Waals surface area contributed by atoms with E-state index in [2.05, 4.69) is 5.32 Å². The Hall–Kier alpha value is -3.16. The second-order valence-corrected chi connectivity index (χ2v) is 7.50. The van der Waals surface area contributed by atoms with Gasteiger partial charge in [0, 0.05) is 9.90 Å². The quantitative estimate of drug-likeness (QED) is 0.584. The van der Waals surface area contributed by atoms with Crippen molar-refractivity contribution in [2.24, 2.45) is 0 Å². The second kappa shape index (κ2) is 7.69. The first-order valence-corrected chi connectivity index (χ1v) is 9.78.